The van der Waals surface area contributed by atoms with E-state index < -0.39 is 0 Å². The topological polar surface area (TPSA) is 58.3 Å². The SMILES string of the molecule is CN=C(NCc1ncccc1C)N(C)Cc1cnn(C)c1. The number of aromatic nitrogens is 3. The van der Waals surface area contributed by atoms with Gasteiger partial charge in [-0.3, -0.25) is 14.7 Å². The summed E-state index contributed by atoms with van der Waals surface area (Å²) in [5, 5.41) is 7.52. The lowest BCUT2D eigenvalue weighted by Crippen LogP contribution is -2.38. The number of aryl methyl sites for hydroxylation is 2. The molecule has 21 heavy (non-hydrogen) atoms. The second-order valence-electron chi connectivity index (χ2n) is 5.05. The van der Waals surface area contributed by atoms with Gasteiger partial charge < -0.3 is 10.2 Å². The predicted molar refractivity (Wildman–Crippen MR) is 83.8 cm³/mol. The summed E-state index contributed by atoms with van der Waals surface area (Å²) in [5.41, 5.74) is 3.36. The Morgan fingerprint density at radius 3 is 2.90 bits per heavy atom. The molecule has 0 aliphatic rings. The number of aliphatic imine (C=N–C) groups is 1. The van der Waals surface area contributed by atoms with E-state index in [4.69, 9.17) is 0 Å². The number of guanidine groups is 1. The van der Waals surface area contributed by atoms with Gasteiger partial charge in [-0.1, -0.05) is 6.07 Å². The molecule has 0 aliphatic carbocycles. The summed E-state index contributed by atoms with van der Waals surface area (Å²) >= 11 is 0. The van der Waals surface area contributed by atoms with Gasteiger partial charge in [0.2, 0.25) is 0 Å². The lowest BCUT2D eigenvalue weighted by Gasteiger charge is -2.21. The van der Waals surface area contributed by atoms with Crippen molar-refractivity contribution in [1.82, 2.24) is 25.0 Å². The van der Waals surface area contributed by atoms with Gasteiger partial charge in [-0.25, -0.2) is 0 Å². The van der Waals surface area contributed by atoms with Gasteiger partial charge in [0.15, 0.2) is 5.96 Å². The van der Waals surface area contributed by atoms with Crippen molar-refractivity contribution in [2.75, 3.05) is 14.1 Å². The molecule has 0 saturated heterocycles. The molecule has 0 saturated carbocycles. The summed E-state index contributed by atoms with van der Waals surface area (Å²) in [6.07, 6.45) is 5.69. The fourth-order valence-electron chi connectivity index (χ4n) is 2.15. The average molecular weight is 286 g/mol. The van der Waals surface area contributed by atoms with Crippen LogP contribution in [-0.2, 0) is 20.1 Å². The van der Waals surface area contributed by atoms with Crippen LogP contribution in [-0.4, -0.2) is 39.7 Å². The van der Waals surface area contributed by atoms with Gasteiger partial charge in [0.25, 0.3) is 0 Å². The van der Waals surface area contributed by atoms with E-state index >= 15 is 0 Å². The van der Waals surface area contributed by atoms with Crippen molar-refractivity contribution >= 4 is 5.96 Å². The number of nitrogens with one attached hydrogen (secondary N) is 1. The molecule has 112 valence electrons. The van der Waals surface area contributed by atoms with Crippen LogP contribution in [0.2, 0.25) is 0 Å². The fourth-order valence-corrected chi connectivity index (χ4v) is 2.15. The Bertz CT molecular complexity index is 616. The van der Waals surface area contributed by atoms with Crippen LogP contribution in [0.15, 0.2) is 35.7 Å². The van der Waals surface area contributed by atoms with Crippen molar-refractivity contribution in [3.63, 3.8) is 0 Å². The Morgan fingerprint density at radius 1 is 1.48 bits per heavy atom. The Labute approximate surface area is 125 Å². The zero-order valence-corrected chi connectivity index (χ0v) is 13.0. The molecule has 1 N–H and O–H groups in total. The summed E-state index contributed by atoms with van der Waals surface area (Å²) in [7, 11) is 5.71. The van der Waals surface area contributed by atoms with Gasteiger partial charge in [0.05, 0.1) is 18.4 Å². The Balaban J connectivity index is 1.95. The molecule has 6 heteroatoms. The first-order valence-corrected chi connectivity index (χ1v) is 6.90. The van der Waals surface area contributed by atoms with E-state index in [1.165, 1.54) is 5.56 Å². The van der Waals surface area contributed by atoms with Crippen molar-refractivity contribution in [2.45, 2.75) is 20.0 Å². The summed E-state index contributed by atoms with van der Waals surface area (Å²) in [6.45, 7) is 3.48. The summed E-state index contributed by atoms with van der Waals surface area (Å²) in [5.74, 6) is 0.837. The van der Waals surface area contributed by atoms with Crippen LogP contribution in [0.5, 0.6) is 0 Å². The number of hydrogen-bond acceptors (Lipinski definition) is 3. The monoisotopic (exact) mass is 286 g/mol. The highest BCUT2D eigenvalue weighted by Crippen LogP contribution is 2.04. The van der Waals surface area contributed by atoms with E-state index in [0.29, 0.717) is 6.54 Å². The Morgan fingerprint density at radius 2 is 2.29 bits per heavy atom. The molecule has 0 aromatic carbocycles. The van der Waals surface area contributed by atoms with Crippen molar-refractivity contribution in [3.8, 4) is 0 Å². The van der Waals surface area contributed by atoms with E-state index in [1.807, 2.05) is 38.8 Å². The average Bonchev–Trinajstić information content (AvgIpc) is 2.86. The molecule has 6 nitrogen and oxygen atoms in total. The van der Waals surface area contributed by atoms with Crippen LogP contribution < -0.4 is 5.32 Å². The first-order valence-electron chi connectivity index (χ1n) is 6.90. The van der Waals surface area contributed by atoms with Crippen LogP contribution in [0.25, 0.3) is 0 Å². The molecule has 0 unspecified atom stereocenters. The molecule has 0 aliphatic heterocycles. The van der Waals surface area contributed by atoms with Gasteiger partial charge in [0, 0.05) is 45.6 Å². The van der Waals surface area contributed by atoms with E-state index in [9.17, 15) is 0 Å². The number of pyridine rings is 1. The van der Waals surface area contributed by atoms with Gasteiger partial charge >= 0.3 is 0 Å². The highest BCUT2D eigenvalue weighted by Gasteiger charge is 2.08. The summed E-state index contributed by atoms with van der Waals surface area (Å²) < 4.78 is 1.80. The van der Waals surface area contributed by atoms with Gasteiger partial charge in [0.1, 0.15) is 0 Å². The third-order valence-corrected chi connectivity index (χ3v) is 3.28. The second kappa shape index (κ2) is 6.88. The largest absolute Gasteiger partial charge is 0.351 e. The molecular formula is C15H22N6. The zero-order valence-electron chi connectivity index (χ0n) is 13.0. The molecule has 0 spiro atoms. The molecule has 0 bridgehead atoms. The van der Waals surface area contributed by atoms with Crippen LogP contribution >= 0.6 is 0 Å². The van der Waals surface area contributed by atoms with E-state index in [1.54, 1.807) is 11.7 Å². The van der Waals surface area contributed by atoms with Crippen LogP contribution in [0.1, 0.15) is 16.8 Å². The maximum Gasteiger partial charge on any atom is 0.194 e. The summed E-state index contributed by atoms with van der Waals surface area (Å²) in [4.78, 5) is 10.8. The first-order chi connectivity index (χ1) is 10.1. The quantitative estimate of drug-likeness (QED) is 0.680. The van der Waals surface area contributed by atoms with Crippen molar-refractivity contribution in [3.05, 3.63) is 47.5 Å². The van der Waals surface area contributed by atoms with E-state index in [0.717, 1.165) is 23.8 Å². The Kier molecular flexibility index (Phi) is 4.92. The standard InChI is InChI=1S/C15H22N6/c1-12-6-5-7-17-14(12)9-18-15(16-2)20(3)10-13-8-19-21(4)11-13/h5-8,11H,9-10H2,1-4H3,(H,16,18). The number of hydrogen-bond donors (Lipinski definition) is 1. The van der Waals surface area contributed by atoms with E-state index in [-0.39, 0.29) is 0 Å². The van der Waals surface area contributed by atoms with Crippen molar-refractivity contribution < 1.29 is 0 Å². The lowest BCUT2D eigenvalue weighted by atomic mass is 10.2. The molecule has 0 amide bonds. The molecule has 0 atom stereocenters. The minimum Gasteiger partial charge on any atom is -0.351 e. The molecule has 0 radical (unpaired) electrons. The highest BCUT2D eigenvalue weighted by molar-refractivity contribution is 5.79. The van der Waals surface area contributed by atoms with Crippen LogP contribution in [0.4, 0.5) is 0 Å². The zero-order chi connectivity index (χ0) is 15.2. The second-order valence-corrected chi connectivity index (χ2v) is 5.05. The van der Waals surface area contributed by atoms with Crippen LogP contribution in [0, 0.1) is 6.92 Å². The summed E-state index contributed by atoms with van der Waals surface area (Å²) in [6, 6.07) is 4.01. The molecule has 2 rings (SSSR count). The maximum absolute atomic E-state index is 4.38. The smallest absolute Gasteiger partial charge is 0.194 e. The molecule has 2 heterocycles. The molecular weight excluding hydrogens is 264 g/mol. The highest BCUT2D eigenvalue weighted by atomic mass is 15.3. The van der Waals surface area contributed by atoms with Gasteiger partial charge in [-0.05, 0) is 18.6 Å². The maximum atomic E-state index is 4.38. The molecule has 0 fully saturated rings. The minimum atomic E-state index is 0.663. The minimum absolute atomic E-state index is 0.663. The lowest BCUT2D eigenvalue weighted by molar-refractivity contribution is 0.475. The fraction of sp³-hybridized carbons (Fsp3) is 0.400. The Hall–Kier alpha value is -2.37. The van der Waals surface area contributed by atoms with Crippen LogP contribution in [0.3, 0.4) is 0 Å². The third kappa shape index (κ3) is 4.05. The van der Waals surface area contributed by atoms with Gasteiger partial charge in [-0.2, -0.15) is 5.10 Å². The van der Waals surface area contributed by atoms with Crippen molar-refractivity contribution in [1.29, 1.82) is 0 Å². The molecule has 2 aromatic heterocycles. The predicted octanol–water partition coefficient (Wildman–Crippen LogP) is 1.33. The number of rotatable bonds is 4. The molecule has 2 aromatic rings. The van der Waals surface area contributed by atoms with E-state index in [2.05, 4.69) is 38.3 Å². The first kappa shape index (κ1) is 15.0. The normalized spacial score (nSPS) is 11.5. The van der Waals surface area contributed by atoms with Gasteiger partial charge in [-0.15, -0.1) is 0 Å². The third-order valence-electron chi connectivity index (χ3n) is 3.28. The number of nitrogens with zero attached hydrogens (tertiary/aromatic N) is 5. The van der Waals surface area contributed by atoms with Crippen molar-refractivity contribution in [2.24, 2.45) is 12.0 Å².